The number of amides is 2. The molecule has 3 aliphatic rings. The van der Waals surface area contributed by atoms with Crippen LogP contribution in [0.4, 0.5) is 16.2 Å². The maximum Gasteiger partial charge on any atom is 0.417 e. The fourth-order valence-corrected chi connectivity index (χ4v) is 10.9. The number of carbonyl (C=O) groups is 2. The summed E-state index contributed by atoms with van der Waals surface area (Å²) in [5, 5.41) is 41.2. The summed E-state index contributed by atoms with van der Waals surface area (Å²) in [6.45, 7) is 6.54. The van der Waals surface area contributed by atoms with Crippen LogP contribution in [0.3, 0.4) is 0 Å². The van der Waals surface area contributed by atoms with Crippen molar-refractivity contribution < 1.29 is 53.2 Å². The van der Waals surface area contributed by atoms with Crippen LogP contribution < -0.4 is 24.3 Å². The lowest BCUT2D eigenvalue weighted by Crippen LogP contribution is -2.70. The first-order chi connectivity index (χ1) is 35.6. The molecule has 0 saturated heterocycles. The highest BCUT2D eigenvalue weighted by molar-refractivity contribution is 6.04. The van der Waals surface area contributed by atoms with Gasteiger partial charge in [0.05, 0.1) is 43.1 Å². The highest BCUT2D eigenvalue weighted by atomic mass is 16.7. The molecule has 6 unspecified atom stereocenters. The molecule has 3 N–H and O–H groups in total. The molecule has 16 nitrogen and oxygen atoms in total. The lowest BCUT2D eigenvalue weighted by atomic mass is 9.55. The molecule has 1 aliphatic heterocycles. The highest BCUT2D eigenvalue weighted by Gasteiger charge is 2.65. The number of hydrogen-bond donors (Lipinski definition) is 3. The summed E-state index contributed by atoms with van der Waals surface area (Å²) >= 11 is 0. The normalized spacial score (nSPS) is 21.2. The number of rotatable bonds is 23. The number of nitrogens with one attached hydrogen (secondary N) is 1. The van der Waals surface area contributed by atoms with Crippen LogP contribution in [0.2, 0.25) is 0 Å². The average molecular weight is 997 g/mol. The Hall–Kier alpha value is -7.27. The number of ether oxygens (including phenoxy) is 5. The van der Waals surface area contributed by atoms with Crippen molar-refractivity contribution in [1.82, 2.24) is 4.90 Å². The van der Waals surface area contributed by atoms with Crippen molar-refractivity contribution in [3.05, 3.63) is 154 Å². The van der Waals surface area contributed by atoms with Crippen molar-refractivity contribution in [3.8, 4) is 23.0 Å². The zero-order valence-corrected chi connectivity index (χ0v) is 41.6. The molecule has 0 radical (unpaired) electrons. The second-order valence-corrected chi connectivity index (χ2v) is 18.6. The van der Waals surface area contributed by atoms with E-state index in [4.69, 9.17) is 33.7 Å². The molecule has 2 amide bonds. The molecule has 5 aromatic carbocycles. The van der Waals surface area contributed by atoms with Gasteiger partial charge < -0.3 is 43.6 Å². The van der Waals surface area contributed by atoms with Crippen LogP contribution in [0.5, 0.6) is 23.0 Å². The van der Waals surface area contributed by atoms with E-state index in [0.29, 0.717) is 78.4 Å². The van der Waals surface area contributed by atoms with Crippen LogP contribution in [0.15, 0.2) is 133 Å². The van der Waals surface area contributed by atoms with Gasteiger partial charge in [-0.25, -0.2) is 4.79 Å². The molecule has 0 bridgehead atoms. The van der Waals surface area contributed by atoms with E-state index in [9.17, 15) is 25.1 Å². The van der Waals surface area contributed by atoms with Gasteiger partial charge in [-0.05, 0) is 120 Å². The van der Waals surface area contributed by atoms with Crippen LogP contribution in [0, 0.1) is 27.9 Å². The van der Waals surface area contributed by atoms with Gasteiger partial charge in [0.15, 0.2) is 0 Å². The number of carbonyl (C=O) groups excluding carboxylic acids is 2. The van der Waals surface area contributed by atoms with Crippen LogP contribution >= 0.6 is 0 Å². The van der Waals surface area contributed by atoms with E-state index < -0.39 is 34.7 Å². The Kier molecular flexibility index (Phi) is 17.1. The van der Waals surface area contributed by atoms with E-state index in [0.717, 1.165) is 34.8 Å². The molecule has 6 atom stereocenters. The van der Waals surface area contributed by atoms with E-state index >= 15 is 4.79 Å². The number of nitro groups is 1. The Morgan fingerprint density at radius 2 is 1.67 bits per heavy atom. The zero-order chi connectivity index (χ0) is 51.5. The number of nitrogens with zero attached hydrogens (tertiary/aromatic N) is 3. The van der Waals surface area contributed by atoms with Crippen molar-refractivity contribution in [2.45, 2.75) is 82.6 Å². The number of benzene rings is 5. The molecule has 0 aromatic heterocycles. The summed E-state index contributed by atoms with van der Waals surface area (Å²) < 4.78 is 31.5. The van der Waals surface area contributed by atoms with Crippen LogP contribution in [0.1, 0.15) is 85.7 Å². The summed E-state index contributed by atoms with van der Waals surface area (Å²) in [7, 11) is 3.03. The number of allylic oxidation sites excluding steroid dienone is 1. The Bertz CT molecular complexity index is 2830. The topological polar surface area (TPSA) is 201 Å². The van der Waals surface area contributed by atoms with Crippen molar-refractivity contribution in [1.29, 1.82) is 0 Å². The van der Waals surface area contributed by atoms with Crippen LogP contribution in [-0.4, -0.2) is 90.2 Å². The molecule has 1 heterocycles. The number of anilines is 1. The number of aliphatic hydroxyl groups excluding tert-OH is 2. The molecule has 5 aromatic rings. The van der Waals surface area contributed by atoms with Crippen LogP contribution in [0.25, 0.3) is 10.8 Å². The largest absolute Gasteiger partial charge is 0.497 e. The third-order valence-electron chi connectivity index (χ3n) is 14.2. The van der Waals surface area contributed by atoms with E-state index in [1.165, 1.54) is 26.4 Å². The maximum absolute atomic E-state index is 15.4. The quantitative estimate of drug-likeness (QED) is 0.0242. The summed E-state index contributed by atoms with van der Waals surface area (Å²) in [6, 6.07) is 29.2. The number of nitro benzene ring substituents is 1. The SMILES string of the molecule is C=CCOC12Oc3ccc(OC(=O)Nc4ccc(OC)cc4OC)cc3C3C(CCCCO)C(CCCCO)C=C(C(=NOCc4ccc([N+](=O)[O-])cc4)CC1N(CCC)C(=O)c1ccc4ccccc4c1)C32. The molecule has 0 spiro atoms. The Morgan fingerprint density at radius 1 is 0.918 bits per heavy atom. The summed E-state index contributed by atoms with van der Waals surface area (Å²) in [6.07, 6.45) is 7.94. The second-order valence-electron chi connectivity index (χ2n) is 18.6. The Labute approximate surface area is 425 Å². The monoisotopic (exact) mass is 996 g/mol. The summed E-state index contributed by atoms with van der Waals surface area (Å²) in [5.41, 5.74) is 3.66. The third kappa shape index (κ3) is 11.4. The standard InChI is InChI=1S/C57H64N4O12/c1-5-27-60(55(64)41-20-19-38-13-7-8-14-39(38)31-41)52-35-49(59-71-36-37-17-21-42(22-18-37)61(66)67)46-32-40(15-9-11-28-62)45(16-10-12-29-63)53-47-33-44(24-26-50(47)73-57(52,54(46)53)70-30-6-2)72-56(65)58-48-25-23-43(68-3)34-51(48)69-4/h6-8,13-14,17-26,31-34,40,45,52-54,62-63H,2,5,9-12,15-16,27-30,35-36H2,1,3-4H3,(H,58,65). The number of fused-ring (bicyclic) bond motifs is 3. The fraction of sp³-hybridized carbons (Fsp3) is 0.386. The minimum atomic E-state index is -1.54. The predicted molar refractivity (Wildman–Crippen MR) is 277 cm³/mol. The first-order valence-corrected chi connectivity index (χ1v) is 25.0. The highest BCUT2D eigenvalue weighted by Crippen LogP contribution is 2.62. The third-order valence-corrected chi connectivity index (χ3v) is 14.2. The van der Waals surface area contributed by atoms with Crippen LogP contribution in [-0.2, 0) is 16.2 Å². The van der Waals surface area contributed by atoms with Gasteiger partial charge in [0.2, 0.25) is 5.79 Å². The lowest BCUT2D eigenvalue weighted by Gasteiger charge is -2.60. The van der Waals surface area contributed by atoms with Gasteiger partial charge in [0.25, 0.3) is 11.6 Å². The molecule has 2 aliphatic carbocycles. The fourth-order valence-electron chi connectivity index (χ4n) is 10.9. The number of non-ortho nitro benzene ring substituents is 1. The first kappa shape index (κ1) is 52.1. The Morgan fingerprint density at radius 3 is 2.38 bits per heavy atom. The minimum absolute atomic E-state index is 0.00848. The van der Waals surface area contributed by atoms with E-state index in [1.807, 2.05) is 60.4 Å². The summed E-state index contributed by atoms with van der Waals surface area (Å²) in [4.78, 5) is 48.2. The van der Waals surface area contributed by atoms with Crippen molar-refractivity contribution >= 4 is 39.9 Å². The van der Waals surface area contributed by atoms with E-state index in [2.05, 4.69) is 18.0 Å². The molecule has 1 fully saturated rings. The number of hydrogen-bond acceptors (Lipinski definition) is 13. The van der Waals surface area contributed by atoms with Gasteiger partial charge in [0.1, 0.15) is 35.6 Å². The van der Waals surface area contributed by atoms with Gasteiger partial charge >= 0.3 is 6.09 Å². The first-order valence-electron chi connectivity index (χ1n) is 25.0. The van der Waals surface area contributed by atoms with Gasteiger partial charge in [-0.3, -0.25) is 20.2 Å². The number of methoxy groups -OCH3 is 2. The van der Waals surface area contributed by atoms with Gasteiger partial charge in [-0.1, -0.05) is 67.4 Å². The smallest absolute Gasteiger partial charge is 0.417 e. The predicted octanol–water partition coefficient (Wildman–Crippen LogP) is 10.8. The van der Waals surface area contributed by atoms with E-state index in [1.54, 1.807) is 48.5 Å². The average Bonchev–Trinajstić information content (AvgIpc) is 3.40. The van der Waals surface area contributed by atoms with Gasteiger partial charge in [-0.2, -0.15) is 0 Å². The Balaban J connectivity index is 1.29. The molecule has 1 saturated carbocycles. The minimum Gasteiger partial charge on any atom is -0.497 e. The van der Waals surface area contributed by atoms with Gasteiger partial charge in [0, 0.05) is 61.4 Å². The van der Waals surface area contributed by atoms with Crippen molar-refractivity contribution in [3.63, 3.8) is 0 Å². The van der Waals surface area contributed by atoms with Crippen molar-refractivity contribution in [2.24, 2.45) is 22.9 Å². The number of aliphatic hydroxyl groups is 2. The van der Waals surface area contributed by atoms with Crippen molar-refractivity contribution in [2.75, 3.05) is 45.9 Å². The molecular weight excluding hydrogens is 933 g/mol. The molecule has 8 rings (SSSR count). The molecule has 73 heavy (non-hydrogen) atoms. The number of oxime groups is 1. The number of unbranched alkanes of at least 4 members (excludes halogenated alkanes) is 2. The lowest BCUT2D eigenvalue weighted by molar-refractivity contribution is -0.384. The zero-order valence-electron chi connectivity index (χ0n) is 41.6. The van der Waals surface area contributed by atoms with Gasteiger partial charge in [-0.15, -0.1) is 6.58 Å². The van der Waals surface area contributed by atoms with E-state index in [-0.39, 0.29) is 62.0 Å². The maximum atomic E-state index is 15.4. The molecule has 16 heteroatoms. The molecule has 384 valence electrons. The summed E-state index contributed by atoms with van der Waals surface area (Å²) in [5.74, 6) is -1.29. The molecular formula is C57H64N4O12. The second kappa shape index (κ2) is 24.0.